The van der Waals surface area contributed by atoms with Gasteiger partial charge in [-0.15, -0.1) is 0 Å². The molecule has 6 heteroatoms. The van der Waals surface area contributed by atoms with Gasteiger partial charge in [-0.2, -0.15) is 0 Å². The van der Waals surface area contributed by atoms with Crippen LogP contribution < -0.4 is 10.9 Å². The third-order valence-electron chi connectivity index (χ3n) is 4.02. The molecule has 3 rings (SSSR count). The molecule has 2 aromatic heterocycles. The van der Waals surface area contributed by atoms with Gasteiger partial charge >= 0.3 is 0 Å². The van der Waals surface area contributed by atoms with Gasteiger partial charge in [-0.3, -0.25) is 14.0 Å². The Hall–Kier alpha value is -2.89. The maximum atomic E-state index is 12.3. The summed E-state index contributed by atoms with van der Waals surface area (Å²) >= 11 is 0. The van der Waals surface area contributed by atoms with Crippen molar-refractivity contribution >= 4 is 17.4 Å². The second-order valence-corrected chi connectivity index (χ2v) is 5.52. The minimum atomic E-state index is -0.464. The lowest BCUT2D eigenvalue weighted by Crippen LogP contribution is -2.26. The quantitative estimate of drug-likeness (QED) is 0.777. The number of H-pyrrole nitrogens is 1. The lowest BCUT2D eigenvalue weighted by Gasteiger charge is -2.10. The molecule has 1 atom stereocenters. The van der Waals surface area contributed by atoms with Crippen molar-refractivity contribution in [2.75, 3.05) is 5.32 Å². The number of imidazole rings is 1. The zero-order chi connectivity index (χ0) is 16.4. The predicted molar refractivity (Wildman–Crippen MR) is 88.9 cm³/mol. The van der Waals surface area contributed by atoms with Crippen LogP contribution in [0, 0.1) is 0 Å². The summed E-state index contributed by atoms with van der Waals surface area (Å²) in [6.07, 6.45) is 5.49. The Bertz CT molecular complexity index is 893. The molecule has 0 aliphatic heterocycles. The van der Waals surface area contributed by atoms with Gasteiger partial charge in [0.1, 0.15) is 5.56 Å². The minimum absolute atomic E-state index is 0.00750. The van der Waals surface area contributed by atoms with Crippen LogP contribution in [-0.2, 0) is 0 Å². The molecule has 1 amide bonds. The first-order valence-corrected chi connectivity index (χ1v) is 7.56. The number of anilines is 1. The average molecular weight is 310 g/mol. The SMILES string of the molecule is CCC(C)c1ccc(NC(=O)c2cnc3[nH]ccn3c2=O)cc1. The predicted octanol–water partition coefficient (Wildman–Crippen LogP) is 2.79. The molecule has 0 bridgehead atoms. The lowest BCUT2D eigenvalue weighted by molar-refractivity contribution is 0.102. The summed E-state index contributed by atoms with van der Waals surface area (Å²) in [4.78, 5) is 31.4. The van der Waals surface area contributed by atoms with Crippen LogP contribution in [0.1, 0.15) is 42.1 Å². The number of nitrogens with one attached hydrogen (secondary N) is 2. The van der Waals surface area contributed by atoms with E-state index in [2.05, 4.69) is 29.1 Å². The molecule has 0 spiro atoms. The molecule has 0 saturated heterocycles. The van der Waals surface area contributed by atoms with E-state index in [1.807, 2.05) is 24.3 Å². The summed E-state index contributed by atoms with van der Waals surface area (Å²) in [5.41, 5.74) is 1.49. The summed E-state index contributed by atoms with van der Waals surface area (Å²) in [6, 6.07) is 7.67. The molecule has 0 fully saturated rings. The second-order valence-electron chi connectivity index (χ2n) is 5.52. The summed E-state index contributed by atoms with van der Waals surface area (Å²) < 4.78 is 1.31. The van der Waals surface area contributed by atoms with Crippen LogP contribution >= 0.6 is 0 Å². The minimum Gasteiger partial charge on any atom is -0.330 e. The van der Waals surface area contributed by atoms with Crippen LogP contribution in [0.25, 0.3) is 5.78 Å². The molecule has 6 nitrogen and oxygen atoms in total. The van der Waals surface area contributed by atoms with Gasteiger partial charge in [0.25, 0.3) is 11.5 Å². The van der Waals surface area contributed by atoms with E-state index in [4.69, 9.17) is 0 Å². The molecule has 2 N–H and O–H groups in total. The highest BCUT2D eigenvalue weighted by atomic mass is 16.2. The van der Waals surface area contributed by atoms with Crippen molar-refractivity contribution in [1.82, 2.24) is 14.4 Å². The van der Waals surface area contributed by atoms with E-state index in [9.17, 15) is 9.59 Å². The van der Waals surface area contributed by atoms with E-state index >= 15 is 0 Å². The largest absolute Gasteiger partial charge is 0.330 e. The van der Waals surface area contributed by atoms with E-state index in [1.54, 1.807) is 12.4 Å². The Morgan fingerprint density at radius 2 is 2.09 bits per heavy atom. The standard InChI is InChI=1S/C17H18N4O2/c1-3-11(2)12-4-6-13(7-5-12)20-15(22)14-10-19-17-18-8-9-21(17)16(14)23/h4-11H,3H2,1-2H3,(H,18,19)(H,20,22). The zero-order valence-electron chi connectivity index (χ0n) is 13.0. The molecule has 0 saturated carbocycles. The Morgan fingerprint density at radius 1 is 1.35 bits per heavy atom. The summed E-state index contributed by atoms with van der Waals surface area (Å²) in [7, 11) is 0. The Balaban J connectivity index is 1.83. The number of amides is 1. The molecular weight excluding hydrogens is 292 g/mol. The number of aromatic nitrogens is 3. The first-order valence-electron chi connectivity index (χ1n) is 7.56. The third kappa shape index (κ3) is 2.88. The van der Waals surface area contributed by atoms with E-state index in [1.165, 1.54) is 16.2 Å². The van der Waals surface area contributed by atoms with Crippen LogP contribution in [0.5, 0.6) is 0 Å². The first-order chi connectivity index (χ1) is 11.1. The van der Waals surface area contributed by atoms with Gasteiger partial charge in [-0.25, -0.2) is 4.98 Å². The van der Waals surface area contributed by atoms with Gasteiger partial charge < -0.3 is 10.3 Å². The van der Waals surface area contributed by atoms with E-state index in [0.717, 1.165) is 6.42 Å². The first kappa shape index (κ1) is 15.0. The molecule has 23 heavy (non-hydrogen) atoms. The highest BCUT2D eigenvalue weighted by Crippen LogP contribution is 2.20. The topological polar surface area (TPSA) is 79.3 Å². The number of aromatic amines is 1. The van der Waals surface area contributed by atoms with Crippen molar-refractivity contribution in [3.63, 3.8) is 0 Å². The van der Waals surface area contributed by atoms with Crippen molar-refractivity contribution < 1.29 is 4.79 Å². The second kappa shape index (κ2) is 6.08. The number of benzene rings is 1. The Kier molecular flexibility index (Phi) is 3.97. The smallest absolute Gasteiger partial charge is 0.271 e. The van der Waals surface area contributed by atoms with Gasteiger partial charge in [0.15, 0.2) is 0 Å². The number of fused-ring (bicyclic) bond motifs is 1. The maximum Gasteiger partial charge on any atom is 0.271 e. The van der Waals surface area contributed by atoms with Crippen LogP contribution in [0.2, 0.25) is 0 Å². The molecule has 3 aromatic rings. The van der Waals surface area contributed by atoms with Gasteiger partial charge in [-0.1, -0.05) is 26.0 Å². The van der Waals surface area contributed by atoms with Gasteiger partial charge in [0.05, 0.1) is 0 Å². The maximum absolute atomic E-state index is 12.3. The number of rotatable bonds is 4. The summed E-state index contributed by atoms with van der Waals surface area (Å²) in [5, 5.41) is 2.74. The van der Waals surface area contributed by atoms with E-state index in [-0.39, 0.29) is 5.56 Å². The number of hydrogen-bond acceptors (Lipinski definition) is 3. The molecular formula is C17H18N4O2. The highest BCUT2D eigenvalue weighted by molar-refractivity contribution is 6.03. The molecule has 2 heterocycles. The Labute approximate surface area is 133 Å². The van der Waals surface area contributed by atoms with E-state index < -0.39 is 11.5 Å². The van der Waals surface area contributed by atoms with Crippen LogP contribution in [-0.4, -0.2) is 20.3 Å². The van der Waals surface area contributed by atoms with Crippen molar-refractivity contribution in [2.24, 2.45) is 0 Å². The van der Waals surface area contributed by atoms with Gasteiger partial charge in [0.2, 0.25) is 5.78 Å². The number of nitrogens with zero attached hydrogens (tertiary/aromatic N) is 2. The fourth-order valence-corrected chi connectivity index (χ4v) is 2.39. The normalized spacial score (nSPS) is 12.3. The van der Waals surface area contributed by atoms with Crippen LogP contribution in [0.15, 0.2) is 47.7 Å². The number of carbonyl (C=O) groups is 1. The van der Waals surface area contributed by atoms with Crippen molar-refractivity contribution in [3.8, 4) is 0 Å². The molecule has 1 unspecified atom stereocenters. The summed E-state index contributed by atoms with van der Waals surface area (Å²) in [5.74, 6) is 0.420. The zero-order valence-corrected chi connectivity index (χ0v) is 13.0. The third-order valence-corrected chi connectivity index (χ3v) is 4.02. The van der Waals surface area contributed by atoms with E-state index in [0.29, 0.717) is 17.4 Å². The lowest BCUT2D eigenvalue weighted by atomic mass is 9.99. The van der Waals surface area contributed by atoms with Gasteiger partial charge in [0, 0.05) is 24.3 Å². The fourth-order valence-electron chi connectivity index (χ4n) is 2.39. The summed E-state index contributed by atoms with van der Waals surface area (Å²) in [6.45, 7) is 4.30. The average Bonchev–Trinajstić information content (AvgIpc) is 3.04. The molecule has 0 aliphatic rings. The number of carbonyl (C=O) groups excluding carboxylic acids is 1. The monoisotopic (exact) mass is 310 g/mol. The van der Waals surface area contributed by atoms with Crippen LogP contribution in [0.4, 0.5) is 5.69 Å². The van der Waals surface area contributed by atoms with Crippen molar-refractivity contribution in [3.05, 3.63) is 64.3 Å². The van der Waals surface area contributed by atoms with Crippen molar-refractivity contribution in [2.45, 2.75) is 26.2 Å². The van der Waals surface area contributed by atoms with Crippen molar-refractivity contribution in [1.29, 1.82) is 0 Å². The Morgan fingerprint density at radius 3 is 2.78 bits per heavy atom. The molecule has 118 valence electrons. The van der Waals surface area contributed by atoms with Gasteiger partial charge in [-0.05, 0) is 30.0 Å². The molecule has 1 aromatic carbocycles. The molecule has 0 aliphatic carbocycles. The highest BCUT2D eigenvalue weighted by Gasteiger charge is 2.14. The fraction of sp³-hybridized carbons (Fsp3) is 0.235. The van der Waals surface area contributed by atoms with Crippen LogP contribution in [0.3, 0.4) is 0 Å². The number of hydrogen-bond donors (Lipinski definition) is 2. The molecule has 0 radical (unpaired) electrons.